The second kappa shape index (κ2) is 3.53. The van der Waals surface area contributed by atoms with Gasteiger partial charge in [0.1, 0.15) is 0 Å². The molecule has 76 valence electrons. The van der Waals surface area contributed by atoms with E-state index in [1.807, 2.05) is 0 Å². The number of rotatable bonds is 2. The zero-order valence-electron chi connectivity index (χ0n) is 7.22. The van der Waals surface area contributed by atoms with Gasteiger partial charge in [-0.1, -0.05) is 17.7 Å². The summed E-state index contributed by atoms with van der Waals surface area (Å²) >= 11 is 5.62. The van der Waals surface area contributed by atoms with Crippen LogP contribution in [0.15, 0.2) is 18.2 Å². The molecule has 0 bridgehead atoms. The Bertz CT molecular complexity index is 377. The van der Waals surface area contributed by atoms with Gasteiger partial charge in [-0.2, -0.15) is 8.78 Å². The third-order valence-corrected chi connectivity index (χ3v) is 2.21. The van der Waals surface area contributed by atoms with Crippen LogP contribution in [0, 0.1) is 6.92 Å². The number of hydrogen-bond donors (Lipinski definition) is 1. The molecule has 0 saturated heterocycles. The SMILES string of the molecule is Cc1cc(C(F)(F)C(=O)O)ccc1Cl. The molecule has 0 atom stereocenters. The van der Waals surface area contributed by atoms with Crippen molar-refractivity contribution < 1.29 is 18.7 Å². The van der Waals surface area contributed by atoms with E-state index >= 15 is 0 Å². The Morgan fingerprint density at radius 1 is 1.50 bits per heavy atom. The topological polar surface area (TPSA) is 37.3 Å². The van der Waals surface area contributed by atoms with Gasteiger partial charge in [-0.15, -0.1) is 0 Å². The van der Waals surface area contributed by atoms with E-state index in [0.717, 1.165) is 12.1 Å². The molecule has 1 aromatic carbocycles. The molecule has 14 heavy (non-hydrogen) atoms. The first-order chi connectivity index (χ1) is 6.35. The molecule has 1 rings (SSSR count). The highest BCUT2D eigenvalue weighted by Crippen LogP contribution is 2.30. The molecule has 0 aliphatic heterocycles. The van der Waals surface area contributed by atoms with Crippen molar-refractivity contribution in [1.82, 2.24) is 0 Å². The third kappa shape index (κ3) is 1.85. The highest BCUT2D eigenvalue weighted by atomic mass is 35.5. The molecule has 0 spiro atoms. The fraction of sp³-hybridized carbons (Fsp3) is 0.222. The van der Waals surface area contributed by atoms with Gasteiger partial charge >= 0.3 is 11.9 Å². The highest BCUT2D eigenvalue weighted by molar-refractivity contribution is 6.31. The number of hydrogen-bond acceptors (Lipinski definition) is 1. The van der Waals surface area contributed by atoms with Gasteiger partial charge in [-0.25, -0.2) is 4.79 Å². The Morgan fingerprint density at radius 3 is 2.50 bits per heavy atom. The Morgan fingerprint density at radius 2 is 2.07 bits per heavy atom. The van der Waals surface area contributed by atoms with Crippen LogP contribution in [0.4, 0.5) is 8.78 Å². The number of aliphatic carboxylic acids is 1. The van der Waals surface area contributed by atoms with E-state index in [1.165, 1.54) is 13.0 Å². The molecule has 0 aromatic heterocycles. The van der Waals surface area contributed by atoms with E-state index in [1.54, 1.807) is 0 Å². The largest absolute Gasteiger partial charge is 0.477 e. The first-order valence-electron chi connectivity index (χ1n) is 3.73. The zero-order valence-corrected chi connectivity index (χ0v) is 7.98. The number of carbonyl (C=O) groups is 1. The maximum atomic E-state index is 12.9. The van der Waals surface area contributed by atoms with Crippen molar-refractivity contribution in [3.8, 4) is 0 Å². The normalized spacial score (nSPS) is 11.4. The summed E-state index contributed by atoms with van der Waals surface area (Å²) in [4.78, 5) is 10.2. The molecule has 1 N–H and O–H groups in total. The molecule has 0 fully saturated rings. The van der Waals surface area contributed by atoms with Crippen molar-refractivity contribution in [1.29, 1.82) is 0 Å². The van der Waals surface area contributed by atoms with Gasteiger partial charge in [0.25, 0.3) is 0 Å². The Balaban J connectivity index is 3.21. The zero-order chi connectivity index (χ0) is 10.9. The monoisotopic (exact) mass is 220 g/mol. The number of aryl methyl sites for hydroxylation is 1. The van der Waals surface area contributed by atoms with E-state index in [-0.39, 0.29) is 0 Å². The van der Waals surface area contributed by atoms with Crippen molar-refractivity contribution in [2.24, 2.45) is 0 Å². The second-order valence-corrected chi connectivity index (χ2v) is 3.25. The molecule has 0 unspecified atom stereocenters. The molecular weight excluding hydrogens is 214 g/mol. The summed E-state index contributed by atoms with van der Waals surface area (Å²) in [5.41, 5.74) is -0.142. The van der Waals surface area contributed by atoms with Crippen molar-refractivity contribution in [3.63, 3.8) is 0 Å². The Hall–Kier alpha value is -1.16. The van der Waals surface area contributed by atoms with Crippen LogP contribution < -0.4 is 0 Å². The number of carboxylic acids is 1. The van der Waals surface area contributed by atoms with Gasteiger partial charge in [0.2, 0.25) is 0 Å². The maximum Gasteiger partial charge on any atom is 0.379 e. The van der Waals surface area contributed by atoms with E-state index in [9.17, 15) is 13.6 Å². The molecule has 0 aliphatic carbocycles. The van der Waals surface area contributed by atoms with Gasteiger partial charge < -0.3 is 5.11 Å². The summed E-state index contributed by atoms with van der Waals surface area (Å²) in [7, 11) is 0. The van der Waals surface area contributed by atoms with Crippen molar-refractivity contribution in [2.75, 3.05) is 0 Å². The molecular formula is C9H7ClF2O2. The van der Waals surface area contributed by atoms with Gasteiger partial charge in [-0.3, -0.25) is 0 Å². The minimum absolute atomic E-state index is 0.329. The van der Waals surface area contributed by atoms with E-state index in [0.29, 0.717) is 10.6 Å². The van der Waals surface area contributed by atoms with Crippen LogP contribution in [-0.4, -0.2) is 11.1 Å². The first kappa shape index (κ1) is 10.9. The lowest BCUT2D eigenvalue weighted by atomic mass is 10.1. The van der Waals surface area contributed by atoms with Crippen molar-refractivity contribution in [2.45, 2.75) is 12.8 Å². The fourth-order valence-corrected chi connectivity index (χ4v) is 1.08. The summed E-state index contributed by atoms with van der Waals surface area (Å²) in [5.74, 6) is -6.03. The fourth-order valence-electron chi connectivity index (χ4n) is 0.963. The lowest BCUT2D eigenvalue weighted by molar-refractivity contribution is -0.166. The quantitative estimate of drug-likeness (QED) is 0.832. The summed E-state index contributed by atoms with van der Waals surface area (Å²) in [6, 6.07) is 3.32. The molecule has 0 radical (unpaired) electrons. The van der Waals surface area contributed by atoms with E-state index < -0.39 is 17.5 Å². The predicted molar refractivity (Wildman–Crippen MR) is 47.7 cm³/mol. The smallest absolute Gasteiger partial charge is 0.379 e. The molecule has 2 nitrogen and oxygen atoms in total. The number of halogens is 3. The second-order valence-electron chi connectivity index (χ2n) is 2.84. The number of alkyl halides is 2. The summed E-state index contributed by atoms with van der Waals surface area (Å²) in [6.45, 7) is 1.53. The highest BCUT2D eigenvalue weighted by Gasteiger charge is 2.41. The minimum atomic E-state index is -3.87. The summed E-state index contributed by atoms with van der Waals surface area (Å²) < 4.78 is 25.9. The van der Waals surface area contributed by atoms with Crippen LogP contribution in [-0.2, 0) is 10.7 Å². The van der Waals surface area contributed by atoms with Crippen LogP contribution >= 0.6 is 11.6 Å². The van der Waals surface area contributed by atoms with Crippen LogP contribution in [0.1, 0.15) is 11.1 Å². The van der Waals surface area contributed by atoms with Crippen LogP contribution in [0.25, 0.3) is 0 Å². The lowest BCUT2D eigenvalue weighted by Gasteiger charge is -2.12. The van der Waals surface area contributed by atoms with Crippen LogP contribution in [0.5, 0.6) is 0 Å². The molecule has 0 saturated carbocycles. The molecule has 0 amide bonds. The van der Waals surface area contributed by atoms with Crippen LogP contribution in [0.3, 0.4) is 0 Å². The van der Waals surface area contributed by atoms with Crippen LogP contribution in [0.2, 0.25) is 5.02 Å². The van der Waals surface area contributed by atoms with Gasteiger partial charge in [-0.05, 0) is 24.6 Å². The van der Waals surface area contributed by atoms with Crippen molar-refractivity contribution in [3.05, 3.63) is 34.3 Å². The van der Waals surface area contributed by atoms with E-state index in [4.69, 9.17) is 16.7 Å². The minimum Gasteiger partial charge on any atom is -0.477 e. The van der Waals surface area contributed by atoms with Gasteiger partial charge in [0.05, 0.1) is 0 Å². The predicted octanol–water partition coefficient (Wildman–Crippen LogP) is 2.82. The number of benzene rings is 1. The maximum absolute atomic E-state index is 12.9. The van der Waals surface area contributed by atoms with E-state index in [2.05, 4.69) is 0 Å². The average Bonchev–Trinajstić information content (AvgIpc) is 2.09. The molecule has 0 heterocycles. The lowest BCUT2D eigenvalue weighted by Crippen LogP contribution is -2.25. The Kier molecular flexibility index (Phi) is 2.76. The number of carboxylic acid groups (broad SMARTS) is 1. The standard InChI is InChI=1S/C9H7ClF2O2/c1-5-4-6(2-3-7(5)10)9(11,12)8(13)14/h2-4H,1H3,(H,13,14). The van der Waals surface area contributed by atoms with Gasteiger partial charge in [0, 0.05) is 10.6 Å². The molecule has 5 heteroatoms. The molecule has 0 aliphatic rings. The van der Waals surface area contributed by atoms with Gasteiger partial charge in [0.15, 0.2) is 0 Å². The average molecular weight is 221 g/mol. The first-order valence-corrected chi connectivity index (χ1v) is 4.11. The third-order valence-electron chi connectivity index (χ3n) is 1.79. The summed E-state index contributed by atoms with van der Waals surface area (Å²) in [6.07, 6.45) is 0. The molecule has 1 aromatic rings. The Labute approximate surface area is 84.1 Å². The summed E-state index contributed by atoms with van der Waals surface area (Å²) in [5, 5.41) is 8.60. The van der Waals surface area contributed by atoms with Crippen molar-refractivity contribution >= 4 is 17.6 Å².